The minimum atomic E-state index is -1.60. The van der Waals surface area contributed by atoms with Crippen LogP contribution in [0.3, 0.4) is 0 Å². The van der Waals surface area contributed by atoms with Crippen LogP contribution in [0.1, 0.15) is 144 Å². The number of nitrogens with zero attached hydrogens (tertiary/aromatic N) is 1. The third-order valence-electron chi connectivity index (χ3n) is 14.9. The first-order valence-electron chi connectivity index (χ1n) is 30.5. The van der Waals surface area contributed by atoms with Crippen molar-refractivity contribution >= 4 is 81.9 Å². The zero-order valence-corrected chi connectivity index (χ0v) is 52.5. The summed E-state index contributed by atoms with van der Waals surface area (Å²) in [5.74, 6) is -11.0. The van der Waals surface area contributed by atoms with E-state index in [-0.39, 0.29) is 62.9 Å². The number of carboxylic acids is 1. The Kier molecular flexibility index (Phi) is 34.4. The molecule has 10 amide bonds. The summed E-state index contributed by atoms with van der Waals surface area (Å²) in [6.45, 7) is 14.3. The van der Waals surface area contributed by atoms with Crippen LogP contribution in [0.4, 0.5) is 0 Å². The molecule has 2 aromatic rings. The normalized spacial score (nSPS) is 15.1. The number of unbranched alkanes of at least 4 members (excludes halogenated alkanes) is 2. The van der Waals surface area contributed by atoms with Gasteiger partial charge in [-0.25, -0.2) is 4.79 Å². The lowest BCUT2D eigenvalue weighted by Crippen LogP contribution is -2.62. The summed E-state index contributed by atoms with van der Waals surface area (Å²) in [6, 6.07) is -4.19. The van der Waals surface area contributed by atoms with Gasteiger partial charge in [0.1, 0.15) is 48.3 Å². The van der Waals surface area contributed by atoms with E-state index in [1.807, 2.05) is 31.2 Å². The first-order valence-corrected chi connectivity index (χ1v) is 30.5. The van der Waals surface area contributed by atoms with Gasteiger partial charge in [-0.2, -0.15) is 0 Å². The van der Waals surface area contributed by atoms with Crippen molar-refractivity contribution in [1.29, 1.82) is 0 Å². The average Bonchev–Trinajstić information content (AvgIpc) is 3.10. The van der Waals surface area contributed by atoms with Gasteiger partial charge in [0.15, 0.2) is 5.96 Å². The quantitative estimate of drug-likeness (QED) is 0.0204. The van der Waals surface area contributed by atoms with Crippen LogP contribution in [0.25, 0.3) is 10.9 Å². The van der Waals surface area contributed by atoms with Crippen molar-refractivity contribution in [2.24, 2.45) is 63.1 Å². The van der Waals surface area contributed by atoms with Crippen molar-refractivity contribution in [3.63, 3.8) is 0 Å². The number of nitrogens with one attached hydrogen (secondary N) is 10. The average molecular weight is 1240 g/mol. The van der Waals surface area contributed by atoms with Gasteiger partial charge in [-0.1, -0.05) is 92.9 Å². The summed E-state index contributed by atoms with van der Waals surface area (Å²) in [5, 5.41) is 34.2. The largest absolute Gasteiger partial charge is 0.480 e. The minimum absolute atomic E-state index is 0.0246. The first kappa shape index (κ1) is 76.2. The third-order valence-corrected chi connectivity index (χ3v) is 14.9. The van der Waals surface area contributed by atoms with Crippen LogP contribution in [0, 0.1) is 23.7 Å². The molecule has 1 heterocycles. The Morgan fingerprint density at radius 2 is 1.02 bits per heavy atom. The zero-order valence-electron chi connectivity index (χ0n) is 52.5. The van der Waals surface area contributed by atoms with E-state index in [0.717, 1.165) is 10.9 Å². The van der Waals surface area contributed by atoms with Crippen LogP contribution in [-0.2, 0) is 59.2 Å². The number of aromatic amines is 1. The molecule has 494 valence electrons. The Labute approximate surface area is 515 Å². The molecule has 0 saturated heterocycles. The summed E-state index contributed by atoms with van der Waals surface area (Å²) in [7, 11) is 0. The number of aromatic nitrogens is 1. The van der Waals surface area contributed by atoms with Crippen LogP contribution in [-0.4, -0.2) is 162 Å². The molecule has 88 heavy (non-hydrogen) atoms. The number of benzene rings is 1. The SMILES string of the molecule is CC[C@H](C)[C@H](NC(=O)[C@H](Cc1c[nH]c2ccccc12)NC(=O)[C@H](CCCN=C(N)N)NC(=O)[C@@H](N)CCCCN)C(=O)N[C@H](C(=O)N[C@@H](CC(C)C)C(=O)NCC(=O)N[C@@H](CC(C)C)C(=O)N[C@@H](CC(N)=O)C(=O)N[C@@H](CCCCN)C(=O)O)[C@@H](C)CC. The highest BCUT2D eigenvalue weighted by atomic mass is 16.4. The Bertz CT molecular complexity index is 2650. The monoisotopic (exact) mass is 1240 g/mol. The number of amides is 10. The number of H-pyrrole nitrogens is 1. The number of carboxylic acid groups (broad SMARTS) is 1. The molecule has 2 rings (SSSR count). The number of carbonyl (C=O) groups excluding carboxylic acids is 10. The van der Waals surface area contributed by atoms with Gasteiger partial charge < -0.3 is 92.3 Å². The van der Waals surface area contributed by atoms with E-state index < -0.39 is 144 Å². The standard InChI is InChI=1S/C59H101N17O12/c1-9-34(7)48(56(85)74-42(26-32(3)4)51(80)68-31-47(78)69-43(27-33(5)6)53(82)73-45(29-46(63)77)54(83)71-41(58(87)88)21-14-16-24-61)76-57(86)49(35(8)10-2)75-55(84)44(28-36-30-67-39-20-12-11-18-37(36)39)72-52(81)40(22-17-25-66-59(64)65)70-50(79)38(62)19-13-15-23-60/h11-12,18,20,30,32-35,38,40-45,48-49,67H,9-10,13-17,19,21-29,31,60-62H2,1-8H3,(H2,63,77)(H,68,80)(H,69,78)(H,70,79)(H,71,83)(H,72,81)(H,73,82)(H,74,85)(H,75,84)(H,76,86)(H,87,88)(H4,64,65,66)/t34-,35-,38-,40-,41-,42-,43-,44-,45-,48-,49-/m0/s1. The molecule has 0 radical (unpaired) electrons. The van der Waals surface area contributed by atoms with E-state index in [1.165, 1.54) is 0 Å². The van der Waals surface area contributed by atoms with Crippen molar-refractivity contribution in [2.45, 2.75) is 200 Å². The summed E-state index contributed by atoms with van der Waals surface area (Å²) in [4.78, 5) is 157. The van der Waals surface area contributed by atoms with Gasteiger partial charge in [0.2, 0.25) is 59.1 Å². The highest BCUT2D eigenvalue weighted by molar-refractivity contribution is 5.99. The van der Waals surface area contributed by atoms with E-state index >= 15 is 0 Å². The lowest BCUT2D eigenvalue weighted by Gasteiger charge is -2.31. The van der Waals surface area contributed by atoms with Crippen molar-refractivity contribution in [3.05, 3.63) is 36.0 Å². The van der Waals surface area contributed by atoms with Gasteiger partial charge in [0, 0.05) is 30.1 Å². The molecule has 0 fully saturated rings. The Morgan fingerprint density at radius 3 is 1.58 bits per heavy atom. The number of para-hydroxylation sites is 1. The molecule has 0 aliphatic rings. The Hall–Kier alpha value is -7.92. The highest BCUT2D eigenvalue weighted by Crippen LogP contribution is 2.21. The predicted molar refractivity (Wildman–Crippen MR) is 333 cm³/mol. The van der Waals surface area contributed by atoms with Gasteiger partial charge in [-0.05, 0) is 106 Å². The zero-order chi connectivity index (χ0) is 66.2. The van der Waals surface area contributed by atoms with E-state index in [2.05, 4.69) is 57.8 Å². The summed E-state index contributed by atoms with van der Waals surface area (Å²) in [6.07, 6.45) is 4.53. The number of carbonyl (C=O) groups is 11. The Balaban J connectivity index is 2.42. The maximum Gasteiger partial charge on any atom is 0.326 e. The summed E-state index contributed by atoms with van der Waals surface area (Å²) in [5.41, 5.74) is 35.3. The number of aliphatic imine (C=N–C) groups is 1. The van der Waals surface area contributed by atoms with Crippen LogP contribution >= 0.6 is 0 Å². The number of fused-ring (bicyclic) bond motifs is 1. The van der Waals surface area contributed by atoms with E-state index in [0.29, 0.717) is 63.6 Å². The van der Waals surface area contributed by atoms with Gasteiger partial charge in [-0.15, -0.1) is 0 Å². The first-order chi connectivity index (χ1) is 41.6. The number of rotatable bonds is 43. The molecule has 0 aliphatic heterocycles. The lowest BCUT2D eigenvalue weighted by molar-refractivity contribution is -0.142. The molecule has 29 nitrogen and oxygen atoms in total. The van der Waals surface area contributed by atoms with Crippen LogP contribution < -0.4 is 82.3 Å². The molecule has 1 aromatic heterocycles. The third kappa shape index (κ3) is 27.4. The van der Waals surface area contributed by atoms with Gasteiger partial charge in [0.05, 0.1) is 19.0 Å². The predicted octanol–water partition coefficient (Wildman–Crippen LogP) is -1.51. The fourth-order valence-corrected chi connectivity index (χ4v) is 9.50. The number of hydrogen-bond donors (Lipinski definition) is 17. The number of primary amides is 1. The second-order valence-electron chi connectivity index (χ2n) is 23.3. The maximum atomic E-state index is 14.8. The fraction of sp³-hybridized carbons (Fsp3) is 0.661. The highest BCUT2D eigenvalue weighted by Gasteiger charge is 2.37. The van der Waals surface area contributed by atoms with Gasteiger partial charge in [-0.3, -0.25) is 52.9 Å². The molecular weight excluding hydrogens is 1140 g/mol. The van der Waals surface area contributed by atoms with Crippen LogP contribution in [0.2, 0.25) is 0 Å². The topological polar surface area (TPSA) is 501 Å². The number of hydrogen-bond acceptors (Lipinski definition) is 15. The van der Waals surface area contributed by atoms with E-state index in [4.69, 9.17) is 34.4 Å². The van der Waals surface area contributed by atoms with E-state index in [9.17, 15) is 57.8 Å². The van der Waals surface area contributed by atoms with Crippen LogP contribution in [0.15, 0.2) is 35.5 Å². The molecule has 0 bridgehead atoms. The van der Waals surface area contributed by atoms with Crippen molar-refractivity contribution in [3.8, 4) is 0 Å². The summed E-state index contributed by atoms with van der Waals surface area (Å²) < 4.78 is 0. The van der Waals surface area contributed by atoms with Crippen molar-refractivity contribution in [1.82, 2.24) is 52.8 Å². The van der Waals surface area contributed by atoms with Gasteiger partial charge >= 0.3 is 5.97 Å². The molecule has 1 aromatic carbocycles. The second-order valence-corrected chi connectivity index (χ2v) is 23.3. The molecule has 11 atom stereocenters. The van der Waals surface area contributed by atoms with Crippen molar-refractivity contribution in [2.75, 3.05) is 26.2 Å². The molecular formula is C59H101N17O12. The number of nitrogens with two attached hydrogens (primary N) is 6. The van der Waals surface area contributed by atoms with Crippen LogP contribution in [0.5, 0.6) is 0 Å². The molecule has 0 spiro atoms. The lowest BCUT2D eigenvalue weighted by atomic mass is 9.94. The van der Waals surface area contributed by atoms with E-state index in [1.54, 1.807) is 54.7 Å². The summed E-state index contributed by atoms with van der Waals surface area (Å²) >= 11 is 0. The minimum Gasteiger partial charge on any atom is -0.480 e. The Morgan fingerprint density at radius 1 is 0.545 bits per heavy atom. The smallest absolute Gasteiger partial charge is 0.326 e. The molecule has 23 N–H and O–H groups in total. The molecule has 0 aliphatic carbocycles. The number of guanidine groups is 1. The van der Waals surface area contributed by atoms with Crippen molar-refractivity contribution < 1.29 is 57.8 Å². The maximum absolute atomic E-state index is 14.8. The molecule has 0 unspecified atom stereocenters. The van der Waals surface area contributed by atoms with Gasteiger partial charge in [0.25, 0.3) is 0 Å². The molecule has 29 heteroatoms. The number of aliphatic carboxylic acids is 1. The molecule has 0 saturated carbocycles. The fourth-order valence-electron chi connectivity index (χ4n) is 9.50. The second kappa shape index (κ2) is 39.8.